The van der Waals surface area contributed by atoms with Gasteiger partial charge in [-0.1, -0.05) is 18.2 Å². The highest BCUT2D eigenvalue weighted by Gasteiger charge is 2.49. The Labute approximate surface area is 210 Å². The molecule has 0 aromatic heterocycles. The van der Waals surface area contributed by atoms with Crippen molar-refractivity contribution in [3.63, 3.8) is 0 Å². The SMILES string of the molecule is COC(=O)c1ccc([C@@H]2[C@@H](Oc3ccc(OC)cc3)C(=O)N2CCc2ccc(OC)c(OC)c2)cc1. The number of amides is 1. The van der Waals surface area contributed by atoms with E-state index in [1.54, 1.807) is 62.6 Å². The summed E-state index contributed by atoms with van der Waals surface area (Å²) < 4.78 is 26.8. The fraction of sp³-hybridized carbons (Fsp3) is 0.286. The number of rotatable bonds is 10. The van der Waals surface area contributed by atoms with Crippen molar-refractivity contribution in [1.29, 1.82) is 0 Å². The number of likely N-dealkylation sites (tertiary alicyclic amines) is 1. The first-order chi connectivity index (χ1) is 17.5. The van der Waals surface area contributed by atoms with Crippen molar-refractivity contribution in [3.8, 4) is 23.0 Å². The number of hydrogen-bond donors (Lipinski definition) is 0. The van der Waals surface area contributed by atoms with Crippen LogP contribution in [0.5, 0.6) is 23.0 Å². The van der Waals surface area contributed by atoms with Gasteiger partial charge in [0.15, 0.2) is 11.5 Å². The molecular formula is C28H29NO7. The number of ether oxygens (including phenoxy) is 5. The Kier molecular flexibility index (Phi) is 7.63. The Morgan fingerprint density at radius 1 is 0.806 bits per heavy atom. The van der Waals surface area contributed by atoms with Crippen LogP contribution >= 0.6 is 0 Å². The highest BCUT2D eigenvalue weighted by atomic mass is 16.5. The van der Waals surface area contributed by atoms with Crippen LogP contribution in [0.25, 0.3) is 0 Å². The van der Waals surface area contributed by atoms with Gasteiger partial charge in [-0.15, -0.1) is 0 Å². The molecule has 0 bridgehead atoms. The summed E-state index contributed by atoms with van der Waals surface area (Å²) in [6.45, 7) is 0.486. The number of esters is 1. The smallest absolute Gasteiger partial charge is 0.337 e. The molecule has 8 nitrogen and oxygen atoms in total. The summed E-state index contributed by atoms with van der Waals surface area (Å²) in [6.07, 6.45) is -0.0641. The maximum atomic E-state index is 13.2. The van der Waals surface area contributed by atoms with Crippen molar-refractivity contribution in [2.75, 3.05) is 35.0 Å². The van der Waals surface area contributed by atoms with Gasteiger partial charge in [-0.2, -0.15) is 0 Å². The highest BCUT2D eigenvalue weighted by molar-refractivity contribution is 5.91. The first-order valence-electron chi connectivity index (χ1n) is 11.5. The average molecular weight is 492 g/mol. The summed E-state index contributed by atoms with van der Waals surface area (Å²) in [7, 11) is 6.12. The minimum atomic E-state index is -0.687. The van der Waals surface area contributed by atoms with Gasteiger partial charge in [-0.25, -0.2) is 4.79 Å². The van der Waals surface area contributed by atoms with Crippen LogP contribution in [-0.4, -0.2) is 57.9 Å². The van der Waals surface area contributed by atoms with Crippen LogP contribution in [0, 0.1) is 0 Å². The van der Waals surface area contributed by atoms with Gasteiger partial charge in [0.2, 0.25) is 6.10 Å². The molecule has 4 rings (SSSR count). The highest BCUT2D eigenvalue weighted by Crippen LogP contribution is 2.38. The predicted molar refractivity (Wildman–Crippen MR) is 133 cm³/mol. The van der Waals surface area contributed by atoms with Gasteiger partial charge in [0.05, 0.1) is 34.0 Å². The van der Waals surface area contributed by atoms with Crippen molar-refractivity contribution in [2.24, 2.45) is 0 Å². The van der Waals surface area contributed by atoms with Crippen LogP contribution in [0.4, 0.5) is 0 Å². The van der Waals surface area contributed by atoms with Gasteiger partial charge in [0.1, 0.15) is 17.5 Å². The first kappa shape index (κ1) is 24.9. The normalized spacial score (nSPS) is 16.7. The van der Waals surface area contributed by atoms with Crippen LogP contribution in [0.3, 0.4) is 0 Å². The van der Waals surface area contributed by atoms with Crippen LogP contribution in [0.15, 0.2) is 66.7 Å². The molecule has 3 aromatic rings. The Morgan fingerprint density at radius 2 is 1.47 bits per heavy atom. The zero-order valence-corrected chi connectivity index (χ0v) is 20.7. The Balaban J connectivity index is 1.55. The van der Waals surface area contributed by atoms with Crippen molar-refractivity contribution in [2.45, 2.75) is 18.6 Å². The van der Waals surface area contributed by atoms with Crippen LogP contribution in [-0.2, 0) is 16.0 Å². The van der Waals surface area contributed by atoms with E-state index in [0.29, 0.717) is 41.5 Å². The monoisotopic (exact) mass is 491 g/mol. The molecular weight excluding hydrogens is 462 g/mol. The third-order valence-corrected chi connectivity index (χ3v) is 6.23. The van der Waals surface area contributed by atoms with Crippen molar-refractivity contribution >= 4 is 11.9 Å². The molecule has 1 saturated heterocycles. The number of nitrogens with zero attached hydrogens (tertiary/aromatic N) is 1. The van der Waals surface area contributed by atoms with Crippen LogP contribution in [0.2, 0.25) is 0 Å². The molecule has 0 unspecified atom stereocenters. The minimum absolute atomic E-state index is 0.103. The number of carbonyl (C=O) groups is 2. The maximum absolute atomic E-state index is 13.2. The van der Waals surface area contributed by atoms with Gasteiger partial charge >= 0.3 is 5.97 Å². The van der Waals surface area contributed by atoms with Crippen molar-refractivity contribution in [1.82, 2.24) is 4.90 Å². The Bertz CT molecular complexity index is 1210. The predicted octanol–water partition coefficient (Wildman–Crippen LogP) is 4.07. The van der Waals surface area contributed by atoms with Crippen LogP contribution < -0.4 is 18.9 Å². The quantitative estimate of drug-likeness (QED) is 0.312. The molecule has 1 amide bonds. The van der Waals surface area contributed by atoms with E-state index in [1.165, 1.54) is 7.11 Å². The van der Waals surface area contributed by atoms with E-state index >= 15 is 0 Å². The van der Waals surface area contributed by atoms with E-state index < -0.39 is 12.1 Å². The van der Waals surface area contributed by atoms with Crippen LogP contribution in [0.1, 0.15) is 27.5 Å². The van der Waals surface area contributed by atoms with Gasteiger partial charge in [0, 0.05) is 6.54 Å². The molecule has 36 heavy (non-hydrogen) atoms. The molecule has 2 atom stereocenters. The zero-order chi connectivity index (χ0) is 25.7. The first-order valence-corrected chi connectivity index (χ1v) is 11.5. The lowest BCUT2D eigenvalue weighted by Crippen LogP contribution is -2.61. The van der Waals surface area contributed by atoms with E-state index in [-0.39, 0.29) is 11.9 Å². The molecule has 3 aromatic carbocycles. The van der Waals surface area contributed by atoms with Gasteiger partial charge in [-0.05, 0) is 66.1 Å². The number of methoxy groups -OCH3 is 4. The lowest BCUT2D eigenvalue weighted by molar-refractivity contribution is -0.164. The fourth-order valence-corrected chi connectivity index (χ4v) is 4.26. The standard InChI is InChI=1S/C28H29NO7/c1-32-21-10-12-22(13-11-21)36-26-25(19-6-8-20(9-7-19)28(31)35-4)29(27(26)30)16-15-18-5-14-23(33-2)24(17-18)34-3/h5-14,17,25-26H,15-16H2,1-4H3/t25-,26-/m1/s1. The lowest BCUT2D eigenvalue weighted by Gasteiger charge is -2.47. The van der Waals surface area contributed by atoms with Gasteiger partial charge in [-0.3, -0.25) is 4.79 Å². The molecule has 1 aliphatic rings. The van der Waals surface area contributed by atoms with E-state index in [2.05, 4.69) is 0 Å². The third kappa shape index (κ3) is 5.07. The average Bonchev–Trinajstić information content (AvgIpc) is 2.93. The van der Waals surface area contributed by atoms with E-state index in [0.717, 1.165) is 11.1 Å². The van der Waals surface area contributed by atoms with Gasteiger partial charge < -0.3 is 28.6 Å². The molecule has 0 saturated carbocycles. The van der Waals surface area contributed by atoms with E-state index in [1.807, 2.05) is 30.3 Å². The topological polar surface area (TPSA) is 83.5 Å². The summed E-state index contributed by atoms with van der Waals surface area (Å²) in [6, 6.07) is 19.6. The maximum Gasteiger partial charge on any atom is 0.337 e. The molecule has 0 radical (unpaired) electrons. The molecule has 0 aliphatic carbocycles. The Hall–Kier alpha value is -4.20. The Morgan fingerprint density at radius 3 is 2.08 bits per heavy atom. The molecule has 8 heteroatoms. The number of carbonyl (C=O) groups excluding carboxylic acids is 2. The summed E-state index contributed by atoms with van der Waals surface area (Å²) in [5.41, 5.74) is 2.32. The molecule has 1 heterocycles. The number of hydrogen-bond acceptors (Lipinski definition) is 7. The van der Waals surface area contributed by atoms with E-state index in [4.69, 9.17) is 23.7 Å². The summed E-state index contributed by atoms with van der Waals surface area (Å²) in [5, 5.41) is 0. The summed E-state index contributed by atoms with van der Waals surface area (Å²) in [5.74, 6) is 2.05. The molecule has 0 N–H and O–H groups in total. The second-order valence-corrected chi connectivity index (χ2v) is 8.24. The fourth-order valence-electron chi connectivity index (χ4n) is 4.26. The van der Waals surface area contributed by atoms with E-state index in [9.17, 15) is 9.59 Å². The van der Waals surface area contributed by atoms with Crippen molar-refractivity contribution < 1.29 is 33.3 Å². The van der Waals surface area contributed by atoms with Gasteiger partial charge in [0.25, 0.3) is 5.91 Å². The lowest BCUT2D eigenvalue weighted by atomic mass is 9.89. The van der Waals surface area contributed by atoms with Crippen molar-refractivity contribution in [3.05, 3.63) is 83.4 Å². The third-order valence-electron chi connectivity index (χ3n) is 6.23. The molecule has 0 spiro atoms. The number of benzene rings is 3. The second kappa shape index (κ2) is 11.0. The minimum Gasteiger partial charge on any atom is -0.497 e. The second-order valence-electron chi connectivity index (χ2n) is 8.24. The molecule has 1 fully saturated rings. The summed E-state index contributed by atoms with van der Waals surface area (Å²) in [4.78, 5) is 26.9. The molecule has 188 valence electrons. The summed E-state index contributed by atoms with van der Waals surface area (Å²) >= 11 is 0. The zero-order valence-electron chi connectivity index (χ0n) is 20.7. The number of β-lactam (4-membered cyclic amide) rings is 1. The molecule has 1 aliphatic heterocycles. The largest absolute Gasteiger partial charge is 0.497 e.